The fraction of sp³-hybridized carbons (Fsp3) is 1.00. The molecule has 0 saturated carbocycles. The zero-order valence-electron chi connectivity index (χ0n) is 6.96. The molecular weight excluding hydrogens is 202 g/mol. The van der Waals surface area contributed by atoms with Crippen LogP contribution >= 0.6 is 11.6 Å². The SMILES string of the molecule is CCC(O)CCNS(=O)(=O)CCl. The van der Waals surface area contributed by atoms with Crippen LogP contribution in [0, 0.1) is 0 Å². The summed E-state index contributed by atoms with van der Waals surface area (Å²) in [7, 11) is -3.32. The lowest BCUT2D eigenvalue weighted by atomic mass is 10.2. The first kappa shape index (κ1) is 12.2. The van der Waals surface area contributed by atoms with Crippen LogP contribution in [0.1, 0.15) is 19.8 Å². The van der Waals surface area contributed by atoms with Crippen molar-refractivity contribution >= 4 is 21.6 Å². The molecule has 0 aromatic carbocycles. The van der Waals surface area contributed by atoms with Gasteiger partial charge in [0.1, 0.15) is 5.21 Å². The highest BCUT2D eigenvalue weighted by Gasteiger charge is 2.07. The van der Waals surface area contributed by atoms with Crippen molar-refractivity contribution in [3.8, 4) is 0 Å². The van der Waals surface area contributed by atoms with E-state index in [1.165, 1.54) is 0 Å². The smallest absolute Gasteiger partial charge is 0.225 e. The lowest BCUT2D eigenvalue weighted by molar-refractivity contribution is 0.162. The van der Waals surface area contributed by atoms with Crippen LogP contribution in [0.15, 0.2) is 0 Å². The summed E-state index contributed by atoms with van der Waals surface area (Å²) >= 11 is 5.13. The van der Waals surface area contributed by atoms with Crippen molar-refractivity contribution in [3.63, 3.8) is 0 Å². The second-order valence-electron chi connectivity index (χ2n) is 2.47. The Hall–Kier alpha value is 0.160. The van der Waals surface area contributed by atoms with Crippen LogP contribution in [0.4, 0.5) is 0 Å². The Kier molecular flexibility index (Phi) is 5.82. The van der Waals surface area contributed by atoms with Gasteiger partial charge in [0.05, 0.1) is 6.10 Å². The van der Waals surface area contributed by atoms with Crippen LogP contribution in [-0.4, -0.2) is 31.4 Å². The third-order valence-corrected chi connectivity index (χ3v) is 3.21. The molecule has 0 fully saturated rings. The number of hydrogen-bond acceptors (Lipinski definition) is 3. The molecule has 6 heteroatoms. The van der Waals surface area contributed by atoms with Gasteiger partial charge in [0.15, 0.2) is 0 Å². The third-order valence-electron chi connectivity index (χ3n) is 1.41. The van der Waals surface area contributed by atoms with E-state index in [0.717, 1.165) is 0 Å². The van der Waals surface area contributed by atoms with E-state index in [0.29, 0.717) is 12.8 Å². The number of hydrogen-bond donors (Lipinski definition) is 2. The van der Waals surface area contributed by atoms with E-state index < -0.39 is 21.3 Å². The zero-order chi connectivity index (χ0) is 9.61. The molecule has 1 unspecified atom stereocenters. The molecule has 0 aromatic rings. The highest BCUT2D eigenvalue weighted by Crippen LogP contribution is 1.96. The molecule has 0 aromatic heterocycles. The maximum Gasteiger partial charge on any atom is 0.225 e. The molecule has 0 bridgehead atoms. The Morgan fingerprint density at radius 3 is 2.58 bits per heavy atom. The van der Waals surface area contributed by atoms with Gasteiger partial charge in [0.25, 0.3) is 0 Å². The summed E-state index contributed by atoms with van der Waals surface area (Å²) in [5, 5.41) is 8.62. The number of nitrogens with one attached hydrogen (secondary N) is 1. The van der Waals surface area contributed by atoms with E-state index >= 15 is 0 Å². The fourth-order valence-corrected chi connectivity index (χ4v) is 1.36. The highest BCUT2D eigenvalue weighted by atomic mass is 35.5. The number of aliphatic hydroxyl groups excluding tert-OH is 1. The molecule has 0 amide bonds. The summed E-state index contributed by atoms with van der Waals surface area (Å²) in [6.07, 6.45) is 0.609. The summed E-state index contributed by atoms with van der Waals surface area (Å²) in [5.41, 5.74) is 0. The Labute approximate surface area is 78.0 Å². The largest absolute Gasteiger partial charge is 0.393 e. The van der Waals surface area contributed by atoms with Crippen LogP contribution in [0.25, 0.3) is 0 Å². The van der Waals surface area contributed by atoms with E-state index in [1.54, 1.807) is 0 Å². The predicted octanol–water partition coefficient (Wildman–Crippen LogP) is 0.263. The van der Waals surface area contributed by atoms with Crippen LogP contribution < -0.4 is 4.72 Å². The van der Waals surface area contributed by atoms with Gasteiger partial charge in [-0.05, 0) is 12.8 Å². The van der Waals surface area contributed by atoms with E-state index in [4.69, 9.17) is 16.7 Å². The lowest BCUT2D eigenvalue weighted by Crippen LogP contribution is -2.27. The molecule has 12 heavy (non-hydrogen) atoms. The Bertz CT molecular complexity index is 205. The van der Waals surface area contributed by atoms with Crippen molar-refractivity contribution in [1.82, 2.24) is 4.72 Å². The van der Waals surface area contributed by atoms with E-state index in [1.807, 2.05) is 6.92 Å². The summed E-state index contributed by atoms with van der Waals surface area (Å²) in [6, 6.07) is 0. The monoisotopic (exact) mass is 215 g/mol. The molecule has 0 aliphatic heterocycles. The van der Waals surface area contributed by atoms with Gasteiger partial charge in [0.2, 0.25) is 10.0 Å². The van der Waals surface area contributed by atoms with Gasteiger partial charge in [0, 0.05) is 6.54 Å². The summed E-state index contributed by atoms with van der Waals surface area (Å²) in [5.74, 6) is 0. The minimum Gasteiger partial charge on any atom is -0.393 e. The van der Waals surface area contributed by atoms with Gasteiger partial charge in [-0.15, -0.1) is 11.6 Å². The predicted molar refractivity (Wildman–Crippen MR) is 48.6 cm³/mol. The minimum absolute atomic E-state index is 0.240. The van der Waals surface area contributed by atoms with Crippen LogP contribution in [0.5, 0.6) is 0 Å². The Morgan fingerprint density at radius 2 is 2.17 bits per heavy atom. The van der Waals surface area contributed by atoms with Crippen molar-refractivity contribution in [2.24, 2.45) is 0 Å². The molecular formula is C6H14ClNO3S. The standard InChI is InChI=1S/C6H14ClNO3S/c1-2-6(9)3-4-8-12(10,11)5-7/h6,8-9H,2-5H2,1H3. The van der Waals surface area contributed by atoms with Crippen molar-refractivity contribution in [2.45, 2.75) is 25.9 Å². The second-order valence-corrected chi connectivity index (χ2v) is 4.86. The molecule has 0 radical (unpaired) electrons. The van der Waals surface area contributed by atoms with Gasteiger partial charge in [-0.2, -0.15) is 0 Å². The second kappa shape index (κ2) is 5.75. The first-order chi connectivity index (χ1) is 5.52. The normalized spacial score (nSPS) is 14.6. The van der Waals surface area contributed by atoms with Gasteiger partial charge < -0.3 is 5.11 Å². The van der Waals surface area contributed by atoms with Gasteiger partial charge >= 0.3 is 0 Å². The fourth-order valence-electron chi connectivity index (χ4n) is 0.624. The third kappa shape index (κ3) is 5.77. The van der Waals surface area contributed by atoms with Gasteiger partial charge in [-0.1, -0.05) is 6.92 Å². The highest BCUT2D eigenvalue weighted by molar-refractivity contribution is 7.90. The average molecular weight is 216 g/mol. The Morgan fingerprint density at radius 1 is 1.58 bits per heavy atom. The van der Waals surface area contributed by atoms with Crippen molar-refractivity contribution < 1.29 is 13.5 Å². The van der Waals surface area contributed by atoms with E-state index in [2.05, 4.69) is 4.72 Å². The number of halogens is 1. The van der Waals surface area contributed by atoms with Gasteiger partial charge in [-0.25, -0.2) is 13.1 Å². The molecule has 0 aliphatic rings. The summed E-state index contributed by atoms with van der Waals surface area (Å²) < 4.78 is 23.7. The molecule has 0 saturated heterocycles. The Balaban J connectivity index is 3.57. The molecule has 0 heterocycles. The van der Waals surface area contributed by atoms with Crippen LogP contribution in [0.3, 0.4) is 0 Å². The molecule has 74 valence electrons. The first-order valence-corrected chi connectivity index (χ1v) is 5.92. The van der Waals surface area contributed by atoms with Crippen LogP contribution in [-0.2, 0) is 10.0 Å². The summed E-state index contributed by atoms with van der Waals surface area (Å²) in [4.78, 5) is 0. The number of alkyl halides is 1. The van der Waals surface area contributed by atoms with Crippen molar-refractivity contribution in [2.75, 3.05) is 11.8 Å². The van der Waals surface area contributed by atoms with Crippen LogP contribution in [0.2, 0.25) is 0 Å². The first-order valence-electron chi connectivity index (χ1n) is 3.73. The molecule has 0 spiro atoms. The summed E-state index contributed by atoms with van der Waals surface area (Å²) in [6.45, 7) is 2.07. The van der Waals surface area contributed by atoms with E-state index in [9.17, 15) is 8.42 Å². The van der Waals surface area contributed by atoms with E-state index in [-0.39, 0.29) is 6.54 Å². The molecule has 4 nitrogen and oxygen atoms in total. The number of sulfonamides is 1. The van der Waals surface area contributed by atoms with Gasteiger partial charge in [-0.3, -0.25) is 0 Å². The maximum absolute atomic E-state index is 10.7. The van der Waals surface area contributed by atoms with Crippen molar-refractivity contribution in [3.05, 3.63) is 0 Å². The lowest BCUT2D eigenvalue weighted by Gasteiger charge is -2.07. The number of rotatable bonds is 6. The molecule has 1 atom stereocenters. The molecule has 0 aliphatic carbocycles. The number of aliphatic hydroxyl groups is 1. The quantitative estimate of drug-likeness (QED) is 0.625. The van der Waals surface area contributed by atoms with Crippen molar-refractivity contribution in [1.29, 1.82) is 0 Å². The zero-order valence-corrected chi connectivity index (χ0v) is 8.53. The average Bonchev–Trinajstić information content (AvgIpc) is 2.04. The minimum atomic E-state index is -3.32. The maximum atomic E-state index is 10.7. The molecule has 0 rings (SSSR count). The molecule has 2 N–H and O–H groups in total. The topological polar surface area (TPSA) is 66.4 Å².